The monoisotopic (exact) mass is 356 g/mol. The number of anilines is 2. The van der Waals surface area contributed by atoms with Crippen LogP contribution < -0.4 is 16.0 Å². The Labute approximate surface area is 150 Å². The first kappa shape index (κ1) is 17.5. The van der Waals surface area contributed by atoms with Gasteiger partial charge in [0.15, 0.2) is 0 Å². The second-order valence-electron chi connectivity index (χ2n) is 6.03. The highest BCUT2D eigenvalue weighted by atomic mass is 16.3. The van der Waals surface area contributed by atoms with Gasteiger partial charge < -0.3 is 25.3 Å². The third-order valence-electron chi connectivity index (χ3n) is 4.15. The zero-order valence-corrected chi connectivity index (χ0v) is 14.3. The van der Waals surface area contributed by atoms with Crippen molar-refractivity contribution in [3.8, 4) is 0 Å². The van der Waals surface area contributed by atoms with Gasteiger partial charge in [-0.2, -0.15) is 0 Å². The first-order valence-electron chi connectivity index (χ1n) is 8.25. The van der Waals surface area contributed by atoms with Crippen molar-refractivity contribution in [3.63, 3.8) is 0 Å². The number of nitrogens with one attached hydrogen (secondary N) is 3. The summed E-state index contributed by atoms with van der Waals surface area (Å²) in [4.78, 5) is 37.4. The minimum atomic E-state index is -0.402. The van der Waals surface area contributed by atoms with Crippen LogP contribution in [0.1, 0.15) is 12.2 Å². The van der Waals surface area contributed by atoms with Gasteiger partial charge in [-0.15, -0.1) is 0 Å². The minimum Gasteiger partial charge on any atom is -0.467 e. The van der Waals surface area contributed by atoms with Crippen molar-refractivity contribution < 1.29 is 18.8 Å². The highest BCUT2D eigenvalue weighted by Crippen LogP contribution is 2.22. The van der Waals surface area contributed by atoms with Gasteiger partial charge >= 0.3 is 6.03 Å². The van der Waals surface area contributed by atoms with Gasteiger partial charge in [0, 0.05) is 31.4 Å². The van der Waals surface area contributed by atoms with Gasteiger partial charge in [-0.3, -0.25) is 9.59 Å². The van der Waals surface area contributed by atoms with Crippen molar-refractivity contribution in [1.29, 1.82) is 0 Å². The molecule has 1 aromatic carbocycles. The summed E-state index contributed by atoms with van der Waals surface area (Å²) >= 11 is 0. The maximum atomic E-state index is 12.4. The molecule has 3 rings (SSSR count). The van der Waals surface area contributed by atoms with Crippen molar-refractivity contribution in [2.45, 2.75) is 13.0 Å². The van der Waals surface area contributed by atoms with Crippen LogP contribution in [-0.4, -0.2) is 36.3 Å². The zero-order chi connectivity index (χ0) is 18.5. The number of furan rings is 1. The Hall–Kier alpha value is -3.29. The smallest absolute Gasteiger partial charge is 0.318 e. The van der Waals surface area contributed by atoms with E-state index in [1.165, 1.54) is 7.05 Å². The Kier molecular flexibility index (Phi) is 5.21. The fourth-order valence-electron chi connectivity index (χ4n) is 2.77. The molecule has 0 bridgehead atoms. The number of benzene rings is 1. The molecule has 1 saturated heterocycles. The third-order valence-corrected chi connectivity index (χ3v) is 4.15. The first-order chi connectivity index (χ1) is 12.5. The molecular weight excluding hydrogens is 336 g/mol. The average Bonchev–Trinajstić information content (AvgIpc) is 3.27. The summed E-state index contributed by atoms with van der Waals surface area (Å²) in [6.45, 7) is 0.733. The van der Waals surface area contributed by atoms with Crippen LogP contribution in [0.15, 0.2) is 47.1 Å². The lowest BCUT2D eigenvalue weighted by Crippen LogP contribution is -2.28. The minimum absolute atomic E-state index is 0.0633. The van der Waals surface area contributed by atoms with Gasteiger partial charge in [0.05, 0.1) is 18.7 Å². The molecule has 2 aromatic rings. The molecule has 0 spiro atoms. The van der Waals surface area contributed by atoms with Crippen LogP contribution in [0.4, 0.5) is 16.2 Å². The summed E-state index contributed by atoms with van der Waals surface area (Å²) in [5.41, 5.74) is 1.22. The van der Waals surface area contributed by atoms with Crippen LogP contribution in [0.25, 0.3) is 0 Å². The van der Waals surface area contributed by atoms with E-state index >= 15 is 0 Å². The molecule has 4 amide bonds. The Morgan fingerprint density at radius 2 is 1.85 bits per heavy atom. The molecule has 1 unspecified atom stereocenters. The number of amides is 4. The second-order valence-corrected chi connectivity index (χ2v) is 6.03. The summed E-state index contributed by atoms with van der Waals surface area (Å²) in [5, 5.41) is 7.90. The Morgan fingerprint density at radius 3 is 2.46 bits per heavy atom. The topological polar surface area (TPSA) is 104 Å². The highest BCUT2D eigenvalue weighted by molar-refractivity contribution is 5.97. The maximum absolute atomic E-state index is 12.4. The lowest BCUT2D eigenvalue weighted by atomic mass is 10.1. The standard InChI is InChI=1S/C18H20N4O4/c1-19-18(25)21-14-6-4-13(5-7-14)20-17(24)12-9-16(23)22(10-12)11-15-3-2-8-26-15/h2-8,12H,9-11H2,1H3,(H,20,24)(H2,19,21,25). The molecule has 136 valence electrons. The van der Waals surface area contributed by atoms with E-state index in [2.05, 4.69) is 16.0 Å². The van der Waals surface area contributed by atoms with Crippen LogP contribution in [0.5, 0.6) is 0 Å². The Morgan fingerprint density at radius 1 is 1.15 bits per heavy atom. The average molecular weight is 356 g/mol. The van der Waals surface area contributed by atoms with Gasteiger partial charge in [-0.05, 0) is 36.4 Å². The van der Waals surface area contributed by atoms with Crippen molar-refractivity contribution >= 4 is 29.2 Å². The SMILES string of the molecule is CNC(=O)Nc1ccc(NC(=O)C2CC(=O)N(Cc3ccco3)C2)cc1. The molecule has 1 aromatic heterocycles. The van der Waals surface area contributed by atoms with Crippen LogP contribution in [0.3, 0.4) is 0 Å². The molecule has 3 N–H and O–H groups in total. The molecule has 1 aliphatic rings. The van der Waals surface area contributed by atoms with Gasteiger partial charge in [0.2, 0.25) is 11.8 Å². The number of carbonyl (C=O) groups is 3. The van der Waals surface area contributed by atoms with Crippen molar-refractivity contribution in [1.82, 2.24) is 10.2 Å². The van der Waals surface area contributed by atoms with Crippen molar-refractivity contribution in [2.75, 3.05) is 24.2 Å². The maximum Gasteiger partial charge on any atom is 0.318 e. The summed E-state index contributed by atoms with van der Waals surface area (Å²) in [7, 11) is 1.53. The number of hydrogen-bond donors (Lipinski definition) is 3. The predicted octanol–water partition coefficient (Wildman–Crippen LogP) is 2.02. The molecule has 1 atom stereocenters. The fourth-order valence-corrected chi connectivity index (χ4v) is 2.77. The molecule has 0 saturated carbocycles. The van der Waals surface area contributed by atoms with Gasteiger partial charge in [0.25, 0.3) is 0 Å². The highest BCUT2D eigenvalue weighted by Gasteiger charge is 2.34. The normalized spacial score (nSPS) is 16.4. The fraction of sp³-hybridized carbons (Fsp3) is 0.278. The largest absolute Gasteiger partial charge is 0.467 e. The van der Waals surface area contributed by atoms with E-state index in [0.717, 1.165) is 0 Å². The molecule has 26 heavy (non-hydrogen) atoms. The molecule has 1 aliphatic heterocycles. The molecule has 8 heteroatoms. The number of hydrogen-bond acceptors (Lipinski definition) is 4. The summed E-state index contributed by atoms with van der Waals surface area (Å²) in [6, 6.07) is 10.0. The molecule has 0 radical (unpaired) electrons. The number of likely N-dealkylation sites (tertiary alicyclic amines) is 1. The van der Waals surface area contributed by atoms with Crippen molar-refractivity contribution in [2.24, 2.45) is 5.92 Å². The summed E-state index contributed by atoms with van der Waals surface area (Å²) < 4.78 is 5.25. The van der Waals surface area contributed by atoms with Gasteiger partial charge in [-0.25, -0.2) is 4.79 Å². The second kappa shape index (κ2) is 7.73. The molecule has 8 nitrogen and oxygen atoms in total. The molecule has 0 aliphatic carbocycles. The number of rotatable bonds is 5. The first-order valence-corrected chi connectivity index (χ1v) is 8.25. The summed E-state index contributed by atoms with van der Waals surface area (Å²) in [5.74, 6) is 0.0266. The predicted molar refractivity (Wildman–Crippen MR) is 95.4 cm³/mol. The molecule has 1 fully saturated rings. The Bertz CT molecular complexity index is 786. The van der Waals surface area contributed by atoms with Crippen LogP contribution in [0, 0.1) is 5.92 Å². The van der Waals surface area contributed by atoms with E-state index in [1.807, 2.05) is 0 Å². The Balaban J connectivity index is 1.55. The molecular formula is C18H20N4O4. The quantitative estimate of drug-likeness (QED) is 0.762. The number of urea groups is 1. The van der Waals surface area contributed by atoms with Crippen LogP contribution in [-0.2, 0) is 16.1 Å². The summed E-state index contributed by atoms with van der Waals surface area (Å²) in [6.07, 6.45) is 1.74. The molecule has 2 heterocycles. The van der Waals surface area contributed by atoms with E-state index < -0.39 is 5.92 Å². The lowest BCUT2D eigenvalue weighted by Gasteiger charge is -2.15. The van der Waals surface area contributed by atoms with E-state index in [0.29, 0.717) is 30.2 Å². The van der Waals surface area contributed by atoms with E-state index in [-0.39, 0.29) is 24.3 Å². The number of carbonyl (C=O) groups excluding carboxylic acids is 3. The van der Waals surface area contributed by atoms with Gasteiger partial charge in [0.1, 0.15) is 5.76 Å². The van der Waals surface area contributed by atoms with E-state index in [1.54, 1.807) is 47.6 Å². The zero-order valence-electron chi connectivity index (χ0n) is 14.3. The van der Waals surface area contributed by atoms with Crippen molar-refractivity contribution in [3.05, 3.63) is 48.4 Å². The van der Waals surface area contributed by atoms with Gasteiger partial charge in [-0.1, -0.05) is 0 Å². The van der Waals surface area contributed by atoms with E-state index in [9.17, 15) is 14.4 Å². The number of nitrogens with zero attached hydrogens (tertiary/aromatic N) is 1. The third kappa shape index (κ3) is 4.21. The van der Waals surface area contributed by atoms with Crippen LogP contribution >= 0.6 is 0 Å². The lowest BCUT2D eigenvalue weighted by molar-refractivity contribution is -0.128. The van der Waals surface area contributed by atoms with Crippen LogP contribution in [0.2, 0.25) is 0 Å². The van der Waals surface area contributed by atoms with E-state index in [4.69, 9.17) is 4.42 Å².